The molecule has 0 amide bonds. The van der Waals surface area contributed by atoms with E-state index < -0.39 is 8.07 Å². The van der Waals surface area contributed by atoms with Crippen molar-refractivity contribution in [1.29, 1.82) is 0 Å². The van der Waals surface area contributed by atoms with Gasteiger partial charge in [-0.05, 0) is 26.7 Å². The van der Waals surface area contributed by atoms with E-state index in [0.29, 0.717) is 11.8 Å². The lowest BCUT2D eigenvalue weighted by Crippen LogP contribution is -2.49. The van der Waals surface area contributed by atoms with Gasteiger partial charge < -0.3 is 0 Å². The molecular formula is C25H22Si. The molecule has 1 heteroatoms. The minimum Gasteiger partial charge on any atom is -0.0733 e. The first-order chi connectivity index (χ1) is 12.8. The molecule has 4 aliphatic rings. The first-order valence-corrected chi connectivity index (χ1v) is 11.9. The Hall–Kier alpha value is -2.64. The van der Waals surface area contributed by atoms with Crippen LogP contribution in [0, 0.1) is 11.8 Å². The number of fused-ring (bicyclic) bond motifs is 2. The van der Waals surface area contributed by atoms with Gasteiger partial charge in [-0.1, -0.05) is 110 Å². The number of rotatable bonds is 3. The van der Waals surface area contributed by atoms with E-state index in [1.807, 2.05) is 0 Å². The Morgan fingerprint density at radius 3 is 1.69 bits per heavy atom. The van der Waals surface area contributed by atoms with Gasteiger partial charge in [-0.25, -0.2) is 0 Å². The van der Waals surface area contributed by atoms with Crippen molar-refractivity contribution in [2.24, 2.45) is 11.8 Å². The van der Waals surface area contributed by atoms with Gasteiger partial charge in [0.15, 0.2) is 0 Å². The molecule has 0 heterocycles. The van der Waals surface area contributed by atoms with Gasteiger partial charge in [-0.2, -0.15) is 0 Å². The molecular weight excluding hydrogens is 328 g/mol. The maximum absolute atomic E-state index is 2.53. The fraction of sp³-hybridized carbons (Fsp3) is 0.120. The first kappa shape index (κ1) is 15.6. The van der Waals surface area contributed by atoms with Crippen LogP contribution in [-0.2, 0) is 0 Å². The van der Waals surface area contributed by atoms with E-state index in [-0.39, 0.29) is 0 Å². The predicted octanol–water partition coefficient (Wildman–Crippen LogP) is 5.27. The van der Waals surface area contributed by atoms with Crippen LogP contribution >= 0.6 is 0 Å². The van der Waals surface area contributed by atoms with E-state index in [1.54, 1.807) is 10.4 Å². The minimum absolute atomic E-state index is 0.444. The molecule has 26 heavy (non-hydrogen) atoms. The summed E-state index contributed by atoms with van der Waals surface area (Å²) in [5.74, 6) is 0.887. The zero-order chi connectivity index (χ0) is 17.6. The molecule has 2 atom stereocenters. The molecule has 2 unspecified atom stereocenters. The van der Waals surface area contributed by atoms with E-state index in [4.69, 9.17) is 0 Å². The Bertz CT molecular complexity index is 930. The Kier molecular flexibility index (Phi) is 3.58. The summed E-state index contributed by atoms with van der Waals surface area (Å²) in [5.41, 5.74) is 2.98. The van der Waals surface area contributed by atoms with Gasteiger partial charge >= 0.3 is 0 Å². The fourth-order valence-corrected chi connectivity index (χ4v) is 9.01. The molecule has 4 aliphatic carbocycles. The molecule has 0 N–H and O–H groups in total. The predicted molar refractivity (Wildman–Crippen MR) is 114 cm³/mol. The van der Waals surface area contributed by atoms with Crippen LogP contribution in [0.5, 0.6) is 0 Å². The molecule has 1 aromatic carbocycles. The summed E-state index contributed by atoms with van der Waals surface area (Å²) in [5, 5.41) is 4.61. The summed E-state index contributed by atoms with van der Waals surface area (Å²) in [6, 6.07) is 11.2. The van der Waals surface area contributed by atoms with E-state index >= 15 is 0 Å². The highest BCUT2D eigenvalue weighted by molar-refractivity contribution is 7.03. The molecule has 1 aromatic rings. The second-order valence-electron chi connectivity index (χ2n) is 7.49. The highest BCUT2D eigenvalue weighted by Crippen LogP contribution is 2.42. The Balaban J connectivity index is 1.77. The smallest absolute Gasteiger partial charge is 0.0733 e. The van der Waals surface area contributed by atoms with Crippen molar-refractivity contribution in [2.75, 3.05) is 0 Å². The third-order valence-corrected chi connectivity index (χ3v) is 10.7. The van der Waals surface area contributed by atoms with Gasteiger partial charge in [-0.3, -0.25) is 0 Å². The van der Waals surface area contributed by atoms with Gasteiger partial charge in [0.05, 0.1) is 0 Å². The van der Waals surface area contributed by atoms with E-state index in [2.05, 4.69) is 110 Å². The number of hydrogen-bond acceptors (Lipinski definition) is 0. The number of hydrogen-bond donors (Lipinski definition) is 0. The van der Waals surface area contributed by atoms with Crippen molar-refractivity contribution < 1.29 is 0 Å². The first-order valence-electron chi connectivity index (χ1n) is 9.39. The molecule has 0 aliphatic heterocycles. The summed E-state index contributed by atoms with van der Waals surface area (Å²) in [7, 11) is -2.06. The lowest BCUT2D eigenvalue weighted by atomic mass is 9.98. The van der Waals surface area contributed by atoms with Crippen LogP contribution in [0.15, 0.2) is 125 Å². The summed E-state index contributed by atoms with van der Waals surface area (Å²) in [6.45, 7) is 2.53. The maximum atomic E-state index is 2.53. The molecule has 0 aromatic heterocycles. The van der Waals surface area contributed by atoms with Gasteiger partial charge in [0.25, 0.3) is 0 Å². The zero-order valence-electron chi connectivity index (χ0n) is 15.0. The standard InChI is InChI=1S/C25H22Si/c1-26(21-11-3-2-4-12-21,24-17-15-19-9-5-7-13-22(19)24)25-18-16-20-10-6-8-14-23(20)25/h2-20H,1H3. The molecule has 0 spiro atoms. The van der Waals surface area contributed by atoms with Crippen molar-refractivity contribution in [1.82, 2.24) is 0 Å². The fourth-order valence-electron chi connectivity index (χ4n) is 4.72. The van der Waals surface area contributed by atoms with Crippen molar-refractivity contribution in [3.05, 3.63) is 125 Å². The van der Waals surface area contributed by atoms with E-state index in [0.717, 1.165) is 0 Å². The van der Waals surface area contributed by atoms with Crippen LogP contribution in [-0.4, -0.2) is 8.07 Å². The average Bonchev–Trinajstić information content (AvgIpc) is 3.33. The maximum Gasteiger partial charge on any atom is 0.146 e. The number of benzene rings is 1. The minimum atomic E-state index is -2.06. The van der Waals surface area contributed by atoms with Gasteiger partial charge in [0, 0.05) is 11.8 Å². The van der Waals surface area contributed by atoms with Crippen LogP contribution in [0.1, 0.15) is 0 Å². The third kappa shape index (κ3) is 2.20. The van der Waals surface area contributed by atoms with Crippen molar-refractivity contribution >= 4 is 13.3 Å². The third-order valence-electron chi connectivity index (χ3n) is 6.12. The summed E-state index contributed by atoms with van der Waals surface area (Å²) in [4.78, 5) is 0. The highest BCUT2D eigenvalue weighted by atomic mass is 28.3. The van der Waals surface area contributed by atoms with Crippen molar-refractivity contribution in [2.45, 2.75) is 6.55 Å². The van der Waals surface area contributed by atoms with Gasteiger partial charge in [0.1, 0.15) is 8.07 Å². The van der Waals surface area contributed by atoms with Crippen LogP contribution in [0.25, 0.3) is 0 Å². The molecule has 0 radical (unpaired) electrons. The van der Waals surface area contributed by atoms with E-state index in [1.165, 1.54) is 16.3 Å². The second-order valence-corrected chi connectivity index (χ2v) is 11.4. The molecule has 5 rings (SSSR count). The quantitative estimate of drug-likeness (QED) is 0.652. The van der Waals surface area contributed by atoms with Crippen LogP contribution < -0.4 is 5.19 Å². The van der Waals surface area contributed by atoms with Crippen LogP contribution in [0.2, 0.25) is 6.55 Å². The van der Waals surface area contributed by atoms with Gasteiger partial charge in [-0.15, -0.1) is 0 Å². The molecule has 0 saturated heterocycles. The highest BCUT2D eigenvalue weighted by Gasteiger charge is 2.42. The molecule has 126 valence electrons. The Morgan fingerprint density at radius 2 is 1.15 bits per heavy atom. The number of allylic oxidation sites excluding steroid dienone is 16. The monoisotopic (exact) mass is 350 g/mol. The summed E-state index contributed by atoms with van der Waals surface area (Å²) >= 11 is 0. The molecule has 0 saturated carbocycles. The second kappa shape index (κ2) is 5.96. The van der Waals surface area contributed by atoms with Crippen LogP contribution in [0.3, 0.4) is 0 Å². The Morgan fingerprint density at radius 1 is 0.615 bits per heavy atom. The normalized spacial score (nSPS) is 27.3. The largest absolute Gasteiger partial charge is 0.146 e. The lowest BCUT2D eigenvalue weighted by Gasteiger charge is -2.33. The molecule has 0 nitrogen and oxygen atoms in total. The SMILES string of the molecule is C[Si](C1=C2C=CC=CC2C=C1)(C1=C2C=CC=CC2C=C1)c1ccccc1. The summed E-state index contributed by atoms with van der Waals surface area (Å²) < 4.78 is 0. The topological polar surface area (TPSA) is 0 Å². The lowest BCUT2D eigenvalue weighted by molar-refractivity contribution is 1.01. The zero-order valence-corrected chi connectivity index (χ0v) is 16.0. The van der Waals surface area contributed by atoms with Crippen molar-refractivity contribution in [3.8, 4) is 0 Å². The van der Waals surface area contributed by atoms with Crippen LogP contribution in [0.4, 0.5) is 0 Å². The molecule has 0 bridgehead atoms. The summed E-state index contributed by atoms with van der Waals surface area (Å²) in [6.07, 6.45) is 27.6. The van der Waals surface area contributed by atoms with Crippen molar-refractivity contribution in [3.63, 3.8) is 0 Å². The molecule has 0 fully saturated rings. The van der Waals surface area contributed by atoms with E-state index in [9.17, 15) is 0 Å². The Labute approximate surface area is 156 Å². The van der Waals surface area contributed by atoms with Gasteiger partial charge in [0.2, 0.25) is 0 Å². The average molecular weight is 351 g/mol.